The zero-order chi connectivity index (χ0) is 16.8. The highest BCUT2D eigenvalue weighted by Gasteiger charge is 2.14. The highest BCUT2D eigenvalue weighted by atomic mass is 35.5. The lowest BCUT2D eigenvalue weighted by atomic mass is 10.1. The lowest BCUT2D eigenvalue weighted by Crippen LogP contribution is -2.47. The minimum atomic E-state index is -0.517. The highest BCUT2D eigenvalue weighted by molar-refractivity contribution is 6.30. The molecule has 0 aromatic carbocycles. The Morgan fingerprint density at radius 3 is 2.36 bits per heavy atom. The third kappa shape index (κ3) is 7.03. The molecule has 1 rings (SSSR count). The molecule has 3 amide bonds. The van der Waals surface area contributed by atoms with Crippen LogP contribution in [0.25, 0.3) is 0 Å². The molecule has 0 atom stereocenters. The summed E-state index contributed by atoms with van der Waals surface area (Å²) in [6.07, 6.45) is 1.40. The number of aromatic nitrogens is 1. The molecule has 1 heterocycles. The fourth-order valence-corrected chi connectivity index (χ4v) is 1.64. The van der Waals surface area contributed by atoms with Gasteiger partial charge in [-0.25, -0.2) is 0 Å². The van der Waals surface area contributed by atoms with Crippen LogP contribution in [0.1, 0.15) is 31.3 Å². The van der Waals surface area contributed by atoms with Gasteiger partial charge in [0, 0.05) is 16.8 Å². The molecule has 0 aliphatic carbocycles. The number of nitrogens with zero attached hydrogens (tertiary/aromatic N) is 1. The standard InChI is InChI=1S/C14H19ClN4O3/c1-14(2,3)19-12(21)8-17-11(20)7-18-13(22)10-6-9(15)4-5-16-10/h4-6H,7-8H2,1-3H3,(H,17,20)(H,18,22)(H,19,21). The first-order valence-electron chi connectivity index (χ1n) is 6.65. The smallest absolute Gasteiger partial charge is 0.270 e. The Balaban J connectivity index is 2.34. The van der Waals surface area contributed by atoms with Crippen molar-refractivity contribution in [3.63, 3.8) is 0 Å². The van der Waals surface area contributed by atoms with Crippen LogP contribution in [0.3, 0.4) is 0 Å². The van der Waals surface area contributed by atoms with Crippen molar-refractivity contribution in [3.05, 3.63) is 29.0 Å². The van der Waals surface area contributed by atoms with Gasteiger partial charge in [0.25, 0.3) is 5.91 Å². The second-order valence-corrected chi connectivity index (χ2v) is 6.05. The van der Waals surface area contributed by atoms with Crippen molar-refractivity contribution in [2.45, 2.75) is 26.3 Å². The summed E-state index contributed by atoms with van der Waals surface area (Å²) in [5.41, 5.74) is -0.250. The van der Waals surface area contributed by atoms with E-state index in [1.807, 2.05) is 20.8 Å². The van der Waals surface area contributed by atoms with Gasteiger partial charge in [0.15, 0.2) is 0 Å². The van der Waals surface area contributed by atoms with Crippen molar-refractivity contribution in [3.8, 4) is 0 Å². The summed E-state index contributed by atoms with van der Waals surface area (Å²) in [4.78, 5) is 38.7. The summed E-state index contributed by atoms with van der Waals surface area (Å²) in [5.74, 6) is -1.29. The summed E-state index contributed by atoms with van der Waals surface area (Å²) >= 11 is 5.75. The van der Waals surface area contributed by atoms with Crippen molar-refractivity contribution in [2.24, 2.45) is 0 Å². The van der Waals surface area contributed by atoms with Crippen LogP contribution >= 0.6 is 11.6 Å². The Morgan fingerprint density at radius 2 is 1.77 bits per heavy atom. The quantitative estimate of drug-likeness (QED) is 0.733. The van der Waals surface area contributed by atoms with E-state index in [1.165, 1.54) is 12.3 Å². The molecule has 0 aliphatic rings. The lowest BCUT2D eigenvalue weighted by Gasteiger charge is -2.20. The maximum absolute atomic E-state index is 11.7. The maximum atomic E-state index is 11.7. The third-order valence-electron chi connectivity index (χ3n) is 2.32. The molecular formula is C14H19ClN4O3. The number of hydrogen-bond donors (Lipinski definition) is 3. The first-order chi connectivity index (χ1) is 10.2. The molecule has 0 saturated carbocycles. The van der Waals surface area contributed by atoms with Crippen LogP contribution in [-0.4, -0.2) is 41.3 Å². The van der Waals surface area contributed by atoms with Gasteiger partial charge < -0.3 is 16.0 Å². The molecule has 0 radical (unpaired) electrons. The molecule has 1 aromatic heterocycles. The molecule has 22 heavy (non-hydrogen) atoms. The molecule has 7 nitrogen and oxygen atoms in total. The van der Waals surface area contributed by atoms with E-state index >= 15 is 0 Å². The Kier molecular flexibility index (Phi) is 6.30. The first kappa shape index (κ1) is 17.9. The molecule has 8 heteroatoms. The monoisotopic (exact) mass is 326 g/mol. The molecule has 0 aliphatic heterocycles. The second kappa shape index (κ2) is 7.74. The molecule has 3 N–H and O–H groups in total. The van der Waals surface area contributed by atoms with Gasteiger partial charge in [-0.2, -0.15) is 0 Å². The van der Waals surface area contributed by atoms with E-state index in [0.29, 0.717) is 5.02 Å². The number of halogens is 1. The van der Waals surface area contributed by atoms with Crippen molar-refractivity contribution < 1.29 is 14.4 Å². The molecule has 0 saturated heterocycles. The molecule has 1 aromatic rings. The topological polar surface area (TPSA) is 100 Å². The van der Waals surface area contributed by atoms with Crippen molar-refractivity contribution in [2.75, 3.05) is 13.1 Å². The summed E-state index contributed by atoms with van der Waals surface area (Å²) in [7, 11) is 0. The van der Waals surface area contributed by atoms with E-state index in [4.69, 9.17) is 11.6 Å². The molecular weight excluding hydrogens is 308 g/mol. The highest BCUT2D eigenvalue weighted by Crippen LogP contribution is 2.07. The maximum Gasteiger partial charge on any atom is 0.270 e. The van der Waals surface area contributed by atoms with Gasteiger partial charge in [0.1, 0.15) is 5.69 Å². The average molecular weight is 327 g/mol. The fraction of sp³-hybridized carbons (Fsp3) is 0.429. The van der Waals surface area contributed by atoms with Gasteiger partial charge in [-0.3, -0.25) is 19.4 Å². The number of carbonyl (C=O) groups excluding carboxylic acids is 3. The van der Waals surface area contributed by atoms with Gasteiger partial charge >= 0.3 is 0 Å². The summed E-state index contributed by atoms with van der Waals surface area (Å²) in [5, 5.41) is 7.89. The van der Waals surface area contributed by atoms with E-state index in [9.17, 15) is 14.4 Å². The molecule has 120 valence electrons. The van der Waals surface area contributed by atoms with Crippen LogP contribution in [-0.2, 0) is 9.59 Å². The van der Waals surface area contributed by atoms with Crippen LogP contribution in [0.15, 0.2) is 18.3 Å². The Hall–Kier alpha value is -2.15. The van der Waals surface area contributed by atoms with Crippen molar-refractivity contribution >= 4 is 29.3 Å². The van der Waals surface area contributed by atoms with Crippen molar-refractivity contribution in [1.82, 2.24) is 20.9 Å². The van der Waals surface area contributed by atoms with E-state index in [0.717, 1.165) is 0 Å². The predicted molar refractivity (Wildman–Crippen MR) is 82.5 cm³/mol. The molecule has 0 bridgehead atoms. The van der Waals surface area contributed by atoms with Gasteiger partial charge in [0.2, 0.25) is 11.8 Å². The normalized spacial score (nSPS) is 10.7. The first-order valence-corrected chi connectivity index (χ1v) is 7.02. The van der Waals surface area contributed by atoms with Crippen LogP contribution in [0, 0.1) is 0 Å². The van der Waals surface area contributed by atoms with E-state index in [-0.39, 0.29) is 30.2 Å². The summed E-state index contributed by atoms with van der Waals surface area (Å²) < 4.78 is 0. The van der Waals surface area contributed by atoms with Crippen LogP contribution in [0.4, 0.5) is 0 Å². The summed E-state index contributed by atoms with van der Waals surface area (Å²) in [6.45, 7) is 5.11. The SMILES string of the molecule is CC(C)(C)NC(=O)CNC(=O)CNC(=O)c1cc(Cl)ccn1. The molecule has 0 unspecified atom stereocenters. The fourth-order valence-electron chi connectivity index (χ4n) is 1.48. The minimum Gasteiger partial charge on any atom is -0.350 e. The number of nitrogens with one attached hydrogen (secondary N) is 3. The molecule has 0 spiro atoms. The van der Waals surface area contributed by atoms with Crippen LogP contribution in [0.5, 0.6) is 0 Å². The molecule has 0 fully saturated rings. The van der Waals surface area contributed by atoms with Crippen LogP contribution < -0.4 is 16.0 Å². The van der Waals surface area contributed by atoms with Gasteiger partial charge in [0.05, 0.1) is 13.1 Å². The number of rotatable bonds is 5. The Morgan fingerprint density at radius 1 is 1.14 bits per heavy atom. The number of amides is 3. The number of carbonyl (C=O) groups is 3. The number of pyridine rings is 1. The Labute approximate surface area is 133 Å². The zero-order valence-corrected chi connectivity index (χ0v) is 13.5. The third-order valence-corrected chi connectivity index (χ3v) is 2.56. The lowest BCUT2D eigenvalue weighted by molar-refractivity contribution is -0.126. The van der Waals surface area contributed by atoms with E-state index < -0.39 is 11.8 Å². The van der Waals surface area contributed by atoms with Crippen LogP contribution in [0.2, 0.25) is 5.02 Å². The second-order valence-electron chi connectivity index (χ2n) is 5.62. The van der Waals surface area contributed by atoms with E-state index in [1.54, 1.807) is 6.07 Å². The zero-order valence-electron chi connectivity index (χ0n) is 12.7. The average Bonchev–Trinajstić information content (AvgIpc) is 2.40. The van der Waals surface area contributed by atoms with Crippen molar-refractivity contribution in [1.29, 1.82) is 0 Å². The largest absolute Gasteiger partial charge is 0.350 e. The predicted octanol–water partition coefficient (Wildman–Crippen LogP) is 0.496. The minimum absolute atomic E-state index is 0.116. The summed E-state index contributed by atoms with van der Waals surface area (Å²) in [6, 6.07) is 2.93. The Bertz CT molecular complexity index is 569. The van der Waals surface area contributed by atoms with Gasteiger partial charge in [-0.1, -0.05) is 11.6 Å². The van der Waals surface area contributed by atoms with E-state index in [2.05, 4.69) is 20.9 Å². The number of hydrogen-bond acceptors (Lipinski definition) is 4. The van der Waals surface area contributed by atoms with Gasteiger partial charge in [-0.05, 0) is 32.9 Å². The van der Waals surface area contributed by atoms with Gasteiger partial charge in [-0.15, -0.1) is 0 Å².